The number of H-pyrrole nitrogens is 1. The maximum absolute atomic E-state index is 12.2. The number of benzene rings is 1. The van der Waals surface area contributed by atoms with Crippen molar-refractivity contribution in [3.8, 4) is 11.5 Å². The lowest BCUT2D eigenvalue weighted by molar-refractivity contribution is 0.0843. The molecule has 2 rings (SSSR count). The fourth-order valence-electron chi connectivity index (χ4n) is 1.95. The second-order valence-corrected chi connectivity index (χ2v) is 5.93. The number of hydrazine groups is 1. The molecule has 0 aliphatic carbocycles. The Kier molecular flexibility index (Phi) is 6.40. The van der Waals surface area contributed by atoms with Gasteiger partial charge >= 0.3 is 0 Å². The van der Waals surface area contributed by atoms with E-state index in [0.717, 1.165) is 6.42 Å². The third-order valence-corrected chi connectivity index (χ3v) is 4.24. The fourth-order valence-corrected chi connectivity index (χ4v) is 2.31. The van der Waals surface area contributed by atoms with Crippen LogP contribution in [0.25, 0.3) is 0 Å². The molecule has 0 bridgehead atoms. The molecule has 1 aromatic carbocycles. The topological polar surface area (TPSA) is 105 Å². The molecule has 0 saturated heterocycles. The molecule has 0 spiro atoms. The maximum atomic E-state index is 12.2. The van der Waals surface area contributed by atoms with Crippen LogP contribution in [-0.2, 0) is 0 Å². The molecule has 2 amide bonds. The first-order chi connectivity index (χ1) is 12.0. The minimum absolute atomic E-state index is 0.152. The molecule has 0 aliphatic heterocycles. The lowest BCUT2D eigenvalue weighted by Crippen LogP contribution is -2.41. The van der Waals surface area contributed by atoms with Gasteiger partial charge in [0.15, 0.2) is 17.2 Å². The fraction of sp³-hybridized carbons (Fsp3) is 0.312. The molecule has 8 nitrogen and oxygen atoms in total. The van der Waals surface area contributed by atoms with Crippen LogP contribution in [0.15, 0.2) is 22.7 Å². The van der Waals surface area contributed by atoms with Crippen LogP contribution in [0.1, 0.15) is 39.9 Å². The molecule has 2 aromatic rings. The van der Waals surface area contributed by atoms with Crippen molar-refractivity contribution in [1.29, 1.82) is 0 Å². The summed E-state index contributed by atoms with van der Waals surface area (Å²) < 4.78 is 11.3. The summed E-state index contributed by atoms with van der Waals surface area (Å²) in [5.74, 6) is -0.0320. The van der Waals surface area contributed by atoms with E-state index in [0.29, 0.717) is 33.8 Å². The second-order valence-electron chi connectivity index (χ2n) is 5.13. The summed E-state index contributed by atoms with van der Waals surface area (Å²) in [6.07, 6.45) is 0.861. The van der Waals surface area contributed by atoms with Gasteiger partial charge in [-0.1, -0.05) is 6.92 Å². The van der Waals surface area contributed by atoms with Gasteiger partial charge < -0.3 is 9.47 Å². The monoisotopic (exact) mass is 410 g/mol. The zero-order chi connectivity index (χ0) is 18.4. The largest absolute Gasteiger partial charge is 0.493 e. The molecule has 0 fully saturated rings. The van der Waals surface area contributed by atoms with Gasteiger partial charge in [0.1, 0.15) is 0 Å². The zero-order valence-electron chi connectivity index (χ0n) is 14.1. The number of rotatable bonds is 6. The highest BCUT2D eigenvalue weighted by molar-refractivity contribution is 9.10. The van der Waals surface area contributed by atoms with Crippen LogP contribution in [0, 0.1) is 6.92 Å². The molecular weight excluding hydrogens is 392 g/mol. The first-order valence-corrected chi connectivity index (χ1v) is 8.39. The zero-order valence-corrected chi connectivity index (χ0v) is 15.7. The Balaban J connectivity index is 2.03. The van der Waals surface area contributed by atoms with Gasteiger partial charge in [0, 0.05) is 11.3 Å². The van der Waals surface area contributed by atoms with Crippen LogP contribution in [0.3, 0.4) is 0 Å². The Morgan fingerprint density at radius 3 is 2.56 bits per heavy atom. The normalized spacial score (nSPS) is 10.2. The van der Waals surface area contributed by atoms with Gasteiger partial charge in [-0.3, -0.25) is 25.5 Å². The predicted octanol–water partition coefficient (Wildman–Crippen LogP) is 2.35. The van der Waals surface area contributed by atoms with E-state index in [2.05, 4.69) is 37.0 Å². The van der Waals surface area contributed by atoms with Gasteiger partial charge in [0.05, 0.1) is 18.2 Å². The quantitative estimate of drug-likeness (QED) is 0.633. The molecule has 0 aliphatic rings. The van der Waals surface area contributed by atoms with Gasteiger partial charge in [-0.25, -0.2) is 0 Å². The number of halogens is 1. The molecule has 25 heavy (non-hydrogen) atoms. The number of ether oxygens (including phenoxy) is 2. The smallest absolute Gasteiger partial charge is 0.291 e. The molecule has 0 saturated carbocycles. The van der Waals surface area contributed by atoms with E-state index in [1.807, 2.05) is 6.92 Å². The van der Waals surface area contributed by atoms with Gasteiger partial charge in [-0.05, 0) is 47.5 Å². The van der Waals surface area contributed by atoms with Gasteiger partial charge in [-0.15, -0.1) is 0 Å². The first kappa shape index (κ1) is 18.8. The lowest BCUT2D eigenvalue weighted by atomic mass is 10.2. The van der Waals surface area contributed by atoms with Crippen molar-refractivity contribution in [1.82, 2.24) is 21.0 Å². The maximum Gasteiger partial charge on any atom is 0.291 e. The molecular formula is C16H19BrN4O4. The third-order valence-electron chi connectivity index (χ3n) is 3.26. The number of aromatic nitrogens is 2. The summed E-state index contributed by atoms with van der Waals surface area (Å²) in [6.45, 7) is 4.31. The SMILES string of the molecule is CCCOc1ccc(C(=O)NNC(=O)c2n[nH]c(C)c2Br)cc1OC. The summed E-state index contributed by atoms with van der Waals surface area (Å²) >= 11 is 3.25. The van der Waals surface area contributed by atoms with Gasteiger partial charge in [-0.2, -0.15) is 5.10 Å². The summed E-state index contributed by atoms with van der Waals surface area (Å²) in [6, 6.07) is 4.78. The average Bonchev–Trinajstić information content (AvgIpc) is 2.96. The molecule has 134 valence electrons. The van der Waals surface area contributed by atoms with E-state index in [4.69, 9.17) is 9.47 Å². The van der Waals surface area contributed by atoms with E-state index < -0.39 is 11.8 Å². The van der Waals surface area contributed by atoms with E-state index in [1.165, 1.54) is 7.11 Å². The standard InChI is InChI=1S/C16H19BrN4O4/c1-4-7-25-11-6-5-10(8-12(11)24-3)15(22)20-21-16(23)14-13(17)9(2)18-19-14/h5-6,8H,4,7H2,1-3H3,(H,18,19)(H,20,22)(H,21,23). The van der Waals surface area contributed by atoms with E-state index in [1.54, 1.807) is 25.1 Å². The number of amides is 2. The number of carbonyl (C=O) groups is 2. The lowest BCUT2D eigenvalue weighted by Gasteiger charge is -2.12. The first-order valence-electron chi connectivity index (χ1n) is 7.59. The number of methoxy groups -OCH3 is 1. The summed E-state index contributed by atoms with van der Waals surface area (Å²) in [4.78, 5) is 24.2. The van der Waals surface area contributed by atoms with E-state index in [-0.39, 0.29) is 5.69 Å². The molecule has 9 heteroatoms. The van der Waals surface area contributed by atoms with Gasteiger partial charge in [0.25, 0.3) is 11.8 Å². The number of nitrogens with one attached hydrogen (secondary N) is 3. The van der Waals surface area contributed by atoms with Crippen molar-refractivity contribution in [2.75, 3.05) is 13.7 Å². The Hall–Kier alpha value is -2.55. The number of nitrogens with zero attached hydrogens (tertiary/aromatic N) is 1. The van der Waals surface area contributed by atoms with Crippen molar-refractivity contribution in [3.05, 3.63) is 39.6 Å². The Morgan fingerprint density at radius 1 is 1.24 bits per heavy atom. The van der Waals surface area contributed by atoms with Crippen LogP contribution >= 0.6 is 15.9 Å². The van der Waals surface area contributed by atoms with Crippen molar-refractivity contribution in [2.24, 2.45) is 0 Å². The average molecular weight is 411 g/mol. The van der Waals surface area contributed by atoms with Crippen molar-refractivity contribution in [2.45, 2.75) is 20.3 Å². The Labute approximate surface area is 153 Å². The molecule has 0 radical (unpaired) electrons. The van der Waals surface area contributed by atoms with Crippen LogP contribution in [0.2, 0.25) is 0 Å². The summed E-state index contributed by atoms with van der Waals surface area (Å²) in [7, 11) is 1.50. The van der Waals surface area contributed by atoms with Crippen LogP contribution in [-0.4, -0.2) is 35.7 Å². The minimum Gasteiger partial charge on any atom is -0.493 e. The van der Waals surface area contributed by atoms with Gasteiger partial charge in [0.2, 0.25) is 0 Å². The highest BCUT2D eigenvalue weighted by atomic mass is 79.9. The van der Waals surface area contributed by atoms with E-state index >= 15 is 0 Å². The highest BCUT2D eigenvalue weighted by Crippen LogP contribution is 2.28. The van der Waals surface area contributed by atoms with Crippen molar-refractivity contribution >= 4 is 27.7 Å². The number of aryl methyl sites for hydroxylation is 1. The van der Waals surface area contributed by atoms with Crippen LogP contribution < -0.4 is 20.3 Å². The molecule has 3 N–H and O–H groups in total. The molecule has 0 atom stereocenters. The summed E-state index contributed by atoms with van der Waals surface area (Å²) in [5, 5.41) is 6.54. The summed E-state index contributed by atoms with van der Waals surface area (Å²) in [5.41, 5.74) is 5.83. The van der Waals surface area contributed by atoms with Crippen LogP contribution in [0.4, 0.5) is 0 Å². The molecule has 1 aromatic heterocycles. The highest BCUT2D eigenvalue weighted by Gasteiger charge is 2.17. The van der Waals surface area contributed by atoms with Crippen molar-refractivity contribution in [3.63, 3.8) is 0 Å². The third kappa shape index (κ3) is 4.50. The Morgan fingerprint density at radius 2 is 1.96 bits per heavy atom. The van der Waals surface area contributed by atoms with E-state index in [9.17, 15) is 9.59 Å². The number of carbonyl (C=O) groups excluding carboxylic acids is 2. The molecule has 0 unspecified atom stereocenters. The second kappa shape index (κ2) is 8.52. The van der Waals surface area contributed by atoms with Crippen molar-refractivity contribution < 1.29 is 19.1 Å². The Bertz CT molecular complexity index is 775. The molecule has 1 heterocycles. The number of hydrogen-bond donors (Lipinski definition) is 3. The number of hydrogen-bond acceptors (Lipinski definition) is 5. The minimum atomic E-state index is -0.542. The number of aromatic amines is 1. The predicted molar refractivity (Wildman–Crippen MR) is 94.7 cm³/mol. The van der Waals surface area contributed by atoms with Crippen LogP contribution in [0.5, 0.6) is 11.5 Å².